The predicted octanol–water partition coefficient (Wildman–Crippen LogP) is 1.74. The number of likely N-dealkylation sites (tertiary alicyclic amines) is 1. The van der Waals surface area contributed by atoms with Crippen LogP contribution in [0.5, 0.6) is 0 Å². The Bertz CT molecular complexity index is 292. The third-order valence-corrected chi connectivity index (χ3v) is 4.07. The summed E-state index contributed by atoms with van der Waals surface area (Å²) in [7, 11) is 0. The van der Waals surface area contributed by atoms with E-state index in [9.17, 15) is 5.11 Å². The van der Waals surface area contributed by atoms with Crippen LogP contribution in [-0.2, 0) is 6.54 Å². The average molecular weight is 226 g/mol. The summed E-state index contributed by atoms with van der Waals surface area (Å²) in [4.78, 5) is 7.87. The van der Waals surface area contributed by atoms with Gasteiger partial charge in [-0.3, -0.25) is 9.88 Å². The van der Waals surface area contributed by atoms with Crippen LogP contribution in [0.15, 0.2) is 11.7 Å². The third kappa shape index (κ3) is 2.77. The second-order valence-electron chi connectivity index (χ2n) is 4.71. The first kappa shape index (κ1) is 11.0. The maximum absolute atomic E-state index is 9.27. The lowest BCUT2D eigenvalue weighted by Crippen LogP contribution is -2.39. The molecule has 0 atom stereocenters. The molecule has 0 bridgehead atoms. The zero-order valence-corrected chi connectivity index (χ0v) is 9.96. The average Bonchev–Trinajstić information content (AvgIpc) is 2.75. The molecule has 4 heteroatoms. The molecule has 1 N–H and O–H groups in total. The molecule has 1 aliphatic heterocycles. The molecule has 2 rings (SSSR count). The molecule has 2 heterocycles. The molecule has 1 aliphatic rings. The molecule has 15 heavy (non-hydrogen) atoms. The molecule has 0 unspecified atom stereocenters. The Morgan fingerprint density at radius 1 is 1.53 bits per heavy atom. The molecule has 3 nitrogen and oxygen atoms in total. The Hall–Kier alpha value is -0.450. The number of rotatable bonds is 3. The van der Waals surface area contributed by atoms with E-state index < -0.39 is 0 Å². The van der Waals surface area contributed by atoms with Crippen LogP contribution in [0.2, 0.25) is 0 Å². The Balaban J connectivity index is 1.84. The molecule has 0 spiro atoms. The van der Waals surface area contributed by atoms with E-state index in [1.807, 2.05) is 11.7 Å². The molecule has 0 amide bonds. The summed E-state index contributed by atoms with van der Waals surface area (Å²) in [6, 6.07) is 0. The number of thiazole rings is 1. The Kier molecular flexibility index (Phi) is 3.38. The molecule has 1 fully saturated rings. The summed E-state index contributed by atoms with van der Waals surface area (Å²) < 4.78 is 0. The summed E-state index contributed by atoms with van der Waals surface area (Å²) in [6.07, 6.45) is 4.15. The third-order valence-electron chi connectivity index (χ3n) is 3.31. The van der Waals surface area contributed by atoms with Crippen LogP contribution in [0.1, 0.15) is 24.6 Å². The fraction of sp³-hybridized carbons (Fsp3) is 0.727. The van der Waals surface area contributed by atoms with Crippen molar-refractivity contribution < 1.29 is 5.11 Å². The van der Waals surface area contributed by atoms with Crippen molar-refractivity contribution in [2.45, 2.75) is 26.3 Å². The van der Waals surface area contributed by atoms with Gasteiger partial charge in [-0.25, -0.2) is 0 Å². The van der Waals surface area contributed by atoms with Gasteiger partial charge in [0, 0.05) is 24.2 Å². The first-order valence-corrected chi connectivity index (χ1v) is 6.30. The predicted molar refractivity (Wildman–Crippen MR) is 61.8 cm³/mol. The number of hydrogen-bond donors (Lipinski definition) is 1. The van der Waals surface area contributed by atoms with Gasteiger partial charge in [-0.05, 0) is 31.3 Å². The number of aromatic nitrogens is 1. The van der Waals surface area contributed by atoms with E-state index in [2.05, 4.69) is 16.8 Å². The summed E-state index contributed by atoms with van der Waals surface area (Å²) in [5.41, 5.74) is 2.04. The van der Waals surface area contributed by atoms with Gasteiger partial charge in [0.05, 0.1) is 5.51 Å². The highest BCUT2D eigenvalue weighted by molar-refractivity contribution is 7.09. The largest absolute Gasteiger partial charge is 0.396 e. The summed E-state index contributed by atoms with van der Waals surface area (Å²) >= 11 is 1.72. The number of hydrogen-bond acceptors (Lipinski definition) is 4. The molecule has 0 aliphatic carbocycles. The van der Waals surface area contributed by atoms with Crippen LogP contribution >= 0.6 is 11.3 Å². The minimum absolute atomic E-state index is 0.157. The maximum atomic E-state index is 9.27. The summed E-state index contributed by atoms with van der Waals surface area (Å²) in [5, 5.41) is 9.27. The molecule has 0 aromatic carbocycles. The van der Waals surface area contributed by atoms with E-state index in [4.69, 9.17) is 0 Å². The van der Waals surface area contributed by atoms with Crippen molar-refractivity contribution in [3.8, 4) is 0 Å². The molecular formula is C11H18N2OS. The highest BCUT2D eigenvalue weighted by Gasteiger charge is 2.29. The number of piperidine rings is 1. The maximum Gasteiger partial charge on any atom is 0.0794 e. The van der Waals surface area contributed by atoms with Gasteiger partial charge in [0.25, 0.3) is 0 Å². The highest BCUT2D eigenvalue weighted by atomic mass is 32.1. The van der Waals surface area contributed by atoms with Crippen molar-refractivity contribution in [2.75, 3.05) is 19.7 Å². The monoisotopic (exact) mass is 226 g/mol. The lowest BCUT2D eigenvalue weighted by atomic mass is 9.81. The minimum atomic E-state index is 0.157. The normalized spacial score (nSPS) is 21.7. The van der Waals surface area contributed by atoms with Crippen LogP contribution in [0.4, 0.5) is 0 Å². The lowest BCUT2D eigenvalue weighted by molar-refractivity contribution is 0.0561. The van der Waals surface area contributed by atoms with E-state index in [1.165, 1.54) is 4.88 Å². The van der Waals surface area contributed by atoms with Crippen molar-refractivity contribution in [1.82, 2.24) is 9.88 Å². The van der Waals surface area contributed by atoms with Crippen molar-refractivity contribution in [3.63, 3.8) is 0 Å². The number of aliphatic hydroxyl groups excluding tert-OH is 1. The molecule has 1 aromatic heterocycles. The van der Waals surface area contributed by atoms with Gasteiger partial charge in [0.1, 0.15) is 0 Å². The van der Waals surface area contributed by atoms with Gasteiger partial charge in [0.15, 0.2) is 0 Å². The highest BCUT2D eigenvalue weighted by Crippen LogP contribution is 2.30. The topological polar surface area (TPSA) is 36.4 Å². The van der Waals surface area contributed by atoms with Gasteiger partial charge < -0.3 is 5.11 Å². The number of nitrogens with zero attached hydrogens (tertiary/aromatic N) is 2. The Morgan fingerprint density at radius 3 is 2.80 bits per heavy atom. The summed E-state index contributed by atoms with van der Waals surface area (Å²) in [5.74, 6) is 0. The smallest absolute Gasteiger partial charge is 0.0794 e. The van der Waals surface area contributed by atoms with Gasteiger partial charge in [-0.1, -0.05) is 6.92 Å². The van der Waals surface area contributed by atoms with Gasteiger partial charge in [-0.15, -0.1) is 11.3 Å². The van der Waals surface area contributed by atoms with Crippen molar-refractivity contribution >= 4 is 11.3 Å². The van der Waals surface area contributed by atoms with E-state index in [-0.39, 0.29) is 5.41 Å². The van der Waals surface area contributed by atoms with Crippen LogP contribution in [0, 0.1) is 5.41 Å². The Morgan fingerprint density at radius 2 is 2.27 bits per heavy atom. The number of aliphatic hydroxyl groups is 1. The Labute approximate surface area is 94.8 Å². The fourth-order valence-corrected chi connectivity index (χ4v) is 2.59. The first-order valence-electron chi connectivity index (χ1n) is 5.42. The van der Waals surface area contributed by atoms with Crippen LogP contribution in [0.25, 0.3) is 0 Å². The molecule has 0 radical (unpaired) electrons. The second kappa shape index (κ2) is 4.60. The first-order chi connectivity index (χ1) is 7.22. The van der Waals surface area contributed by atoms with Gasteiger partial charge >= 0.3 is 0 Å². The van der Waals surface area contributed by atoms with E-state index in [1.54, 1.807) is 11.3 Å². The van der Waals surface area contributed by atoms with Gasteiger partial charge in [-0.2, -0.15) is 0 Å². The van der Waals surface area contributed by atoms with Crippen LogP contribution in [-0.4, -0.2) is 34.7 Å². The van der Waals surface area contributed by atoms with Crippen LogP contribution in [0.3, 0.4) is 0 Å². The molecule has 1 saturated heterocycles. The lowest BCUT2D eigenvalue weighted by Gasteiger charge is -2.37. The van der Waals surface area contributed by atoms with E-state index in [0.29, 0.717) is 6.61 Å². The van der Waals surface area contributed by atoms with E-state index >= 15 is 0 Å². The van der Waals surface area contributed by atoms with E-state index in [0.717, 1.165) is 32.5 Å². The van der Waals surface area contributed by atoms with Crippen LogP contribution < -0.4 is 0 Å². The second-order valence-corrected chi connectivity index (χ2v) is 5.68. The standard InChI is InChI=1S/C11H18N2OS/c1-11(8-14)2-4-13(5-3-11)7-10-6-12-9-15-10/h6,9,14H,2-5,7-8H2,1H3. The summed E-state index contributed by atoms with van der Waals surface area (Å²) in [6.45, 7) is 5.70. The molecule has 0 saturated carbocycles. The zero-order chi connectivity index (χ0) is 10.7. The van der Waals surface area contributed by atoms with Gasteiger partial charge in [0.2, 0.25) is 0 Å². The molecule has 84 valence electrons. The van der Waals surface area contributed by atoms with Crippen molar-refractivity contribution in [2.24, 2.45) is 5.41 Å². The molecule has 1 aromatic rings. The fourth-order valence-electron chi connectivity index (χ4n) is 1.95. The zero-order valence-electron chi connectivity index (χ0n) is 9.15. The minimum Gasteiger partial charge on any atom is -0.396 e. The van der Waals surface area contributed by atoms with Crippen molar-refractivity contribution in [1.29, 1.82) is 0 Å². The molecular weight excluding hydrogens is 208 g/mol. The van der Waals surface area contributed by atoms with Crippen molar-refractivity contribution in [3.05, 3.63) is 16.6 Å². The SMILES string of the molecule is CC1(CO)CCN(Cc2cncs2)CC1. The quantitative estimate of drug-likeness (QED) is 0.853.